The highest BCUT2D eigenvalue weighted by Gasteiger charge is 2.32. The normalized spacial score (nSPS) is 13.5. The van der Waals surface area contributed by atoms with Gasteiger partial charge in [-0.15, -0.1) is 0 Å². The molecule has 0 atom stereocenters. The minimum absolute atomic E-state index is 0.0445. The summed E-state index contributed by atoms with van der Waals surface area (Å²) in [5, 5.41) is 0.514. The van der Waals surface area contributed by atoms with E-state index in [0.717, 1.165) is 0 Å². The summed E-state index contributed by atoms with van der Waals surface area (Å²) in [5.41, 5.74) is 2.02. The number of benzene rings is 3. The molecular formula is C26H14Cl6O7. The molecule has 3 aromatic rings. The largest absolute Gasteiger partial charge is 0.458 e. The molecule has 0 fully saturated rings. The minimum Gasteiger partial charge on any atom is -0.458 e. The van der Waals surface area contributed by atoms with Crippen LogP contribution in [0.2, 0.25) is 0 Å². The number of hydrogen-bond acceptors (Lipinski definition) is 7. The van der Waals surface area contributed by atoms with Crippen molar-refractivity contribution in [1.82, 2.24) is 0 Å². The smallest absolute Gasteiger partial charge is 0.346 e. The van der Waals surface area contributed by atoms with Crippen LogP contribution in [0.3, 0.4) is 0 Å². The standard InChI is InChI=1S/C26H14Cl6O7/c27-25(28,29)11-37-19(33)10-3-13-1-4-14(5-2-13)15-6-7-17-21-18(24(36)39-23(17)35)9-8-16(20(15)21)22(34)38-12-26(30,31)32/h1-10H,11-12H2/b10-3+. The van der Waals surface area contributed by atoms with Crippen molar-refractivity contribution in [1.29, 1.82) is 0 Å². The monoisotopic (exact) mass is 648 g/mol. The molecule has 202 valence electrons. The Morgan fingerprint density at radius 3 is 1.85 bits per heavy atom. The van der Waals surface area contributed by atoms with Crippen LogP contribution in [-0.2, 0) is 19.0 Å². The second-order valence-corrected chi connectivity index (χ2v) is 13.2. The van der Waals surface area contributed by atoms with Crippen LogP contribution in [0.5, 0.6) is 0 Å². The lowest BCUT2D eigenvalue weighted by Gasteiger charge is -2.20. The van der Waals surface area contributed by atoms with Crippen molar-refractivity contribution in [2.24, 2.45) is 0 Å². The highest BCUT2D eigenvalue weighted by Crippen LogP contribution is 2.39. The molecular weight excluding hydrogens is 637 g/mol. The fourth-order valence-electron chi connectivity index (χ4n) is 3.80. The third kappa shape index (κ3) is 7.17. The van der Waals surface area contributed by atoms with E-state index in [2.05, 4.69) is 0 Å². The molecule has 0 aromatic heterocycles. The minimum atomic E-state index is -1.85. The first kappa shape index (κ1) is 29.5. The van der Waals surface area contributed by atoms with E-state index in [9.17, 15) is 19.2 Å². The number of alkyl halides is 6. The lowest BCUT2D eigenvalue weighted by Crippen LogP contribution is -2.21. The van der Waals surface area contributed by atoms with Gasteiger partial charge in [0.15, 0.2) is 0 Å². The Morgan fingerprint density at radius 2 is 1.26 bits per heavy atom. The summed E-state index contributed by atoms with van der Waals surface area (Å²) in [6.07, 6.45) is 2.67. The molecule has 1 aliphatic heterocycles. The van der Waals surface area contributed by atoms with Crippen LogP contribution in [0.1, 0.15) is 36.6 Å². The number of carbonyl (C=O) groups excluding carboxylic acids is 4. The Bertz CT molecular complexity index is 1500. The number of hydrogen-bond donors (Lipinski definition) is 0. The third-order valence-corrected chi connectivity index (χ3v) is 6.04. The first-order valence-electron chi connectivity index (χ1n) is 10.9. The number of ether oxygens (including phenoxy) is 3. The zero-order valence-electron chi connectivity index (χ0n) is 19.3. The zero-order chi connectivity index (χ0) is 28.5. The van der Waals surface area contributed by atoms with Crippen LogP contribution in [-0.4, -0.2) is 44.7 Å². The molecule has 0 saturated carbocycles. The van der Waals surface area contributed by atoms with Gasteiger partial charge in [0.05, 0.1) is 16.7 Å². The van der Waals surface area contributed by atoms with Crippen LogP contribution in [0.15, 0.2) is 54.6 Å². The molecule has 39 heavy (non-hydrogen) atoms. The van der Waals surface area contributed by atoms with Gasteiger partial charge in [-0.3, -0.25) is 0 Å². The van der Waals surface area contributed by atoms with Crippen molar-refractivity contribution in [2.45, 2.75) is 7.59 Å². The summed E-state index contributed by atoms with van der Waals surface area (Å²) in [4.78, 5) is 49.8. The van der Waals surface area contributed by atoms with E-state index >= 15 is 0 Å². The van der Waals surface area contributed by atoms with Crippen LogP contribution in [0.4, 0.5) is 0 Å². The van der Waals surface area contributed by atoms with E-state index < -0.39 is 44.7 Å². The number of esters is 4. The first-order chi connectivity index (χ1) is 18.2. The lowest BCUT2D eigenvalue weighted by atomic mass is 9.88. The van der Waals surface area contributed by atoms with Crippen molar-refractivity contribution in [2.75, 3.05) is 13.2 Å². The van der Waals surface area contributed by atoms with Gasteiger partial charge < -0.3 is 14.2 Å². The van der Waals surface area contributed by atoms with E-state index in [0.29, 0.717) is 16.7 Å². The summed E-state index contributed by atoms with van der Waals surface area (Å²) in [6, 6.07) is 12.7. The molecule has 0 N–H and O–H groups in total. The Balaban J connectivity index is 1.74. The molecule has 3 aromatic carbocycles. The number of carbonyl (C=O) groups is 4. The molecule has 4 rings (SSSR count). The number of halogens is 6. The summed E-state index contributed by atoms with van der Waals surface area (Å²) in [7, 11) is 0. The molecule has 0 amide bonds. The Labute approximate surface area is 251 Å². The zero-order valence-corrected chi connectivity index (χ0v) is 23.8. The predicted molar refractivity (Wildman–Crippen MR) is 150 cm³/mol. The second kappa shape index (κ2) is 11.5. The Morgan fingerprint density at radius 1 is 0.718 bits per heavy atom. The topological polar surface area (TPSA) is 96.0 Å². The van der Waals surface area contributed by atoms with Crippen LogP contribution in [0.25, 0.3) is 28.0 Å². The summed E-state index contributed by atoms with van der Waals surface area (Å²) < 4.78 is 11.3. The van der Waals surface area contributed by atoms with Gasteiger partial charge >= 0.3 is 23.9 Å². The quantitative estimate of drug-likeness (QED) is 0.0910. The fraction of sp³-hybridized carbons (Fsp3) is 0.154. The van der Waals surface area contributed by atoms with Crippen molar-refractivity contribution < 1.29 is 33.4 Å². The Hall–Kier alpha value is -2.52. The highest BCUT2D eigenvalue weighted by molar-refractivity contribution is 6.68. The molecule has 13 heteroatoms. The fourth-order valence-corrected chi connectivity index (χ4v) is 4.13. The average Bonchev–Trinajstić information content (AvgIpc) is 2.87. The van der Waals surface area contributed by atoms with E-state index in [1.807, 2.05) is 0 Å². The maximum atomic E-state index is 13.0. The van der Waals surface area contributed by atoms with Gasteiger partial charge in [0.1, 0.15) is 13.2 Å². The molecule has 0 bridgehead atoms. The molecule has 0 saturated heterocycles. The van der Waals surface area contributed by atoms with Crippen LogP contribution in [0, 0.1) is 0 Å². The van der Waals surface area contributed by atoms with Gasteiger partial charge in [0, 0.05) is 16.8 Å². The summed E-state index contributed by atoms with van der Waals surface area (Å²) >= 11 is 33.9. The van der Waals surface area contributed by atoms with Crippen LogP contribution < -0.4 is 0 Å². The van der Waals surface area contributed by atoms with Gasteiger partial charge in [-0.1, -0.05) is 99.9 Å². The summed E-state index contributed by atoms with van der Waals surface area (Å²) in [6.45, 7) is -0.936. The van der Waals surface area contributed by atoms with Crippen molar-refractivity contribution in [3.63, 3.8) is 0 Å². The van der Waals surface area contributed by atoms with E-state index in [1.165, 1.54) is 30.4 Å². The van der Waals surface area contributed by atoms with Crippen molar-refractivity contribution in [3.05, 3.63) is 76.9 Å². The van der Waals surface area contributed by atoms with Gasteiger partial charge in [-0.25, -0.2) is 19.2 Å². The number of cyclic esters (lactones) is 2. The maximum Gasteiger partial charge on any atom is 0.346 e. The molecule has 0 spiro atoms. The maximum absolute atomic E-state index is 13.0. The molecule has 0 unspecified atom stereocenters. The lowest BCUT2D eigenvalue weighted by molar-refractivity contribution is -0.137. The molecule has 7 nitrogen and oxygen atoms in total. The molecule has 0 radical (unpaired) electrons. The van der Waals surface area contributed by atoms with E-state index in [-0.39, 0.29) is 27.5 Å². The van der Waals surface area contributed by atoms with Gasteiger partial charge in [-0.2, -0.15) is 0 Å². The van der Waals surface area contributed by atoms with Gasteiger partial charge in [-0.05, 0) is 41.0 Å². The SMILES string of the molecule is O=C(/C=C/c1ccc(-c2ccc3c4c(ccc(C(=O)OCC(Cl)(Cl)Cl)c24)C(=O)OC3=O)cc1)OCC(Cl)(Cl)Cl. The molecule has 1 aliphatic rings. The second-order valence-electron chi connectivity index (χ2n) is 8.12. The van der Waals surface area contributed by atoms with Gasteiger partial charge in [0.2, 0.25) is 7.59 Å². The van der Waals surface area contributed by atoms with Gasteiger partial charge in [0.25, 0.3) is 0 Å². The van der Waals surface area contributed by atoms with E-state index in [1.54, 1.807) is 30.3 Å². The highest BCUT2D eigenvalue weighted by atomic mass is 35.6. The Kier molecular flexibility index (Phi) is 8.71. The average molecular weight is 651 g/mol. The molecule has 0 aliphatic carbocycles. The predicted octanol–water partition coefficient (Wildman–Crippen LogP) is 7.27. The molecule has 1 heterocycles. The number of rotatable bonds is 6. The van der Waals surface area contributed by atoms with Crippen molar-refractivity contribution in [3.8, 4) is 11.1 Å². The van der Waals surface area contributed by atoms with Crippen molar-refractivity contribution >= 4 is 110 Å². The van der Waals surface area contributed by atoms with E-state index in [4.69, 9.17) is 83.8 Å². The third-order valence-electron chi connectivity index (χ3n) is 5.38. The van der Waals surface area contributed by atoms with Crippen LogP contribution >= 0.6 is 69.6 Å². The first-order valence-corrected chi connectivity index (χ1v) is 13.1. The summed E-state index contributed by atoms with van der Waals surface area (Å²) in [5.74, 6) is -3.23.